The van der Waals surface area contributed by atoms with Gasteiger partial charge in [-0.25, -0.2) is 4.79 Å². The number of esters is 1. The maximum absolute atomic E-state index is 12.3. The van der Waals surface area contributed by atoms with Gasteiger partial charge in [0.2, 0.25) is 5.76 Å². The van der Waals surface area contributed by atoms with E-state index in [0.29, 0.717) is 16.1 Å². The average molecular weight is 398 g/mol. The summed E-state index contributed by atoms with van der Waals surface area (Å²) >= 11 is 3.17. The number of furan rings is 1. The predicted octanol–water partition coefficient (Wildman–Crippen LogP) is 4.30. The van der Waals surface area contributed by atoms with Gasteiger partial charge in [-0.15, -0.1) is 15.0 Å². The van der Waals surface area contributed by atoms with Gasteiger partial charge >= 0.3 is 5.97 Å². The second kappa shape index (κ2) is 6.18. The Labute approximate surface area is 151 Å². The van der Waals surface area contributed by atoms with Crippen molar-refractivity contribution < 1.29 is 13.9 Å². The molecule has 0 aliphatic carbocycles. The first-order valence-electron chi connectivity index (χ1n) is 7.51. The van der Waals surface area contributed by atoms with Crippen LogP contribution < -0.4 is 4.74 Å². The number of carbonyl (C=O) groups is 1. The molecule has 0 saturated heterocycles. The first kappa shape index (κ1) is 15.6. The molecule has 4 aromatic rings. The Morgan fingerprint density at radius 1 is 1.08 bits per heavy atom. The molecule has 0 atom stereocenters. The van der Waals surface area contributed by atoms with Gasteiger partial charge in [-0.1, -0.05) is 18.2 Å². The van der Waals surface area contributed by atoms with Crippen LogP contribution >= 0.6 is 15.9 Å². The van der Waals surface area contributed by atoms with Gasteiger partial charge in [0.15, 0.2) is 10.4 Å². The molecule has 0 bridgehead atoms. The van der Waals surface area contributed by atoms with Gasteiger partial charge in [0.1, 0.15) is 16.7 Å². The molecular weight excluding hydrogens is 386 g/mol. The molecule has 2 aromatic heterocycles. The van der Waals surface area contributed by atoms with Crippen molar-refractivity contribution in [3.8, 4) is 11.4 Å². The van der Waals surface area contributed by atoms with Crippen molar-refractivity contribution in [3.63, 3.8) is 0 Å². The van der Waals surface area contributed by atoms with Crippen molar-refractivity contribution in [1.82, 2.24) is 15.0 Å². The number of hydrogen-bond acceptors (Lipinski definition) is 5. The van der Waals surface area contributed by atoms with Crippen molar-refractivity contribution in [1.29, 1.82) is 0 Å². The topological polar surface area (TPSA) is 70.2 Å². The number of ether oxygens (including phenoxy) is 1. The van der Waals surface area contributed by atoms with E-state index in [4.69, 9.17) is 9.15 Å². The fourth-order valence-corrected chi connectivity index (χ4v) is 2.72. The van der Waals surface area contributed by atoms with Gasteiger partial charge < -0.3 is 9.15 Å². The highest BCUT2D eigenvalue weighted by Gasteiger charge is 2.17. The van der Waals surface area contributed by atoms with Crippen LogP contribution in [0.4, 0.5) is 0 Å². The Morgan fingerprint density at radius 2 is 1.80 bits per heavy atom. The number of aryl methyl sites for hydroxylation is 1. The predicted molar refractivity (Wildman–Crippen MR) is 95.0 cm³/mol. The van der Waals surface area contributed by atoms with Crippen LogP contribution in [0.1, 0.15) is 16.1 Å². The van der Waals surface area contributed by atoms with Crippen LogP contribution in [0.25, 0.3) is 16.7 Å². The number of benzene rings is 2. The van der Waals surface area contributed by atoms with Gasteiger partial charge in [0.05, 0.1) is 0 Å². The Hall–Kier alpha value is -2.93. The number of rotatable bonds is 3. The van der Waals surface area contributed by atoms with Crippen molar-refractivity contribution in [2.75, 3.05) is 0 Å². The molecule has 0 saturated carbocycles. The summed E-state index contributed by atoms with van der Waals surface area (Å²) in [6, 6.07) is 16.2. The zero-order valence-corrected chi connectivity index (χ0v) is 14.7. The van der Waals surface area contributed by atoms with Crippen molar-refractivity contribution >= 4 is 32.9 Å². The van der Waals surface area contributed by atoms with E-state index in [0.717, 1.165) is 16.6 Å². The van der Waals surface area contributed by atoms with Gasteiger partial charge in [0.25, 0.3) is 0 Å². The smallest absolute Gasteiger partial charge is 0.379 e. The van der Waals surface area contributed by atoms with Gasteiger partial charge in [-0.05, 0) is 64.8 Å². The molecule has 2 aromatic carbocycles. The summed E-state index contributed by atoms with van der Waals surface area (Å²) in [5.41, 5.74) is 3.10. The van der Waals surface area contributed by atoms with Crippen LogP contribution in [0.5, 0.6) is 5.75 Å². The van der Waals surface area contributed by atoms with Crippen molar-refractivity contribution in [2.45, 2.75) is 6.92 Å². The third-order valence-corrected chi connectivity index (χ3v) is 4.02. The maximum Gasteiger partial charge on any atom is 0.379 e. The van der Waals surface area contributed by atoms with E-state index in [9.17, 15) is 4.79 Å². The maximum atomic E-state index is 12.3. The zero-order valence-electron chi connectivity index (χ0n) is 13.1. The monoisotopic (exact) mass is 397 g/mol. The molecule has 4 rings (SSSR count). The molecule has 0 fully saturated rings. The lowest BCUT2D eigenvalue weighted by atomic mass is 10.2. The summed E-state index contributed by atoms with van der Waals surface area (Å²) in [5, 5.41) is 8.90. The second-order valence-electron chi connectivity index (χ2n) is 5.44. The summed E-state index contributed by atoms with van der Waals surface area (Å²) in [6.45, 7) is 1.95. The van der Waals surface area contributed by atoms with E-state index in [2.05, 4.69) is 26.1 Å². The minimum atomic E-state index is -0.590. The van der Waals surface area contributed by atoms with Crippen LogP contribution in [0, 0.1) is 6.92 Å². The molecule has 0 N–H and O–H groups in total. The Bertz CT molecular complexity index is 1050. The van der Waals surface area contributed by atoms with Crippen LogP contribution in [0.2, 0.25) is 0 Å². The lowest BCUT2D eigenvalue weighted by Crippen LogP contribution is -2.10. The fraction of sp³-hybridized carbons (Fsp3) is 0.0556. The molecule has 2 heterocycles. The number of nitrogens with zero attached hydrogens (tertiary/aromatic N) is 3. The molecule has 0 amide bonds. The van der Waals surface area contributed by atoms with E-state index < -0.39 is 5.97 Å². The standard InChI is InChI=1S/C18H12BrN3O3/c1-11-6-7-15(25-18(23)16-8-9-17(19)24-16)14(10-11)22-20-12-4-2-3-5-13(12)21-22/h2-10H,1H3. The summed E-state index contributed by atoms with van der Waals surface area (Å²) in [7, 11) is 0. The van der Waals surface area contributed by atoms with Gasteiger partial charge in [-0.3, -0.25) is 0 Å². The lowest BCUT2D eigenvalue weighted by Gasteiger charge is -2.09. The zero-order chi connectivity index (χ0) is 17.4. The number of carbonyl (C=O) groups excluding carboxylic acids is 1. The quantitative estimate of drug-likeness (QED) is 0.380. The summed E-state index contributed by atoms with van der Waals surface area (Å²) in [6.07, 6.45) is 0. The summed E-state index contributed by atoms with van der Waals surface area (Å²) in [5.74, 6) is -0.132. The third kappa shape index (κ3) is 3.06. The van der Waals surface area contributed by atoms with Crippen molar-refractivity contribution in [2.24, 2.45) is 0 Å². The average Bonchev–Trinajstić information content (AvgIpc) is 3.22. The summed E-state index contributed by atoms with van der Waals surface area (Å²) in [4.78, 5) is 13.8. The van der Waals surface area contributed by atoms with E-state index in [1.807, 2.05) is 43.3 Å². The molecule has 0 spiro atoms. The molecular formula is C18H12BrN3O3. The highest BCUT2D eigenvalue weighted by atomic mass is 79.9. The molecule has 6 nitrogen and oxygen atoms in total. The number of halogens is 1. The largest absolute Gasteiger partial charge is 0.442 e. The van der Waals surface area contributed by atoms with Gasteiger partial charge in [0, 0.05) is 0 Å². The highest BCUT2D eigenvalue weighted by Crippen LogP contribution is 2.26. The minimum Gasteiger partial charge on any atom is -0.442 e. The summed E-state index contributed by atoms with van der Waals surface area (Å²) < 4.78 is 11.2. The van der Waals surface area contributed by atoms with E-state index >= 15 is 0 Å². The Kier molecular flexibility index (Phi) is 3.85. The molecule has 25 heavy (non-hydrogen) atoms. The van der Waals surface area contributed by atoms with Gasteiger partial charge in [-0.2, -0.15) is 0 Å². The molecule has 0 radical (unpaired) electrons. The van der Waals surface area contributed by atoms with Crippen molar-refractivity contribution in [3.05, 3.63) is 70.6 Å². The molecule has 0 unspecified atom stereocenters. The molecule has 0 aliphatic heterocycles. The molecule has 7 heteroatoms. The van der Waals surface area contributed by atoms with Crippen LogP contribution in [-0.4, -0.2) is 21.0 Å². The number of aromatic nitrogens is 3. The molecule has 0 aliphatic rings. The number of hydrogen-bond donors (Lipinski definition) is 0. The Morgan fingerprint density at radius 3 is 2.44 bits per heavy atom. The highest BCUT2D eigenvalue weighted by molar-refractivity contribution is 9.10. The van der Waals surface area contributed by atoms with E-state index in [1.54, 1.807) is 18.2 Å². The van der Waals surface area contributed by atoms with Crippen LogP contribution in [-0.2, 0) is 0 Å². The Balaban J connectivity index is 1.74. The molecule has 124 valence electrons. The van der Waals surface area contributed by atoms with Crippen LogP contribution in [0.3, 0.4) is 0 Å². The fourth-order valence-electron chi connectivity index (χ4n) is 2.41. The second-order valence-corrected chi connectivity index (χ2v) is 6.22. The van der Waals surface area contributed by atoms with E-state index in [-0.39, 0.29) is 5.76 Å². The number of fused-ring (bicyclic) bond motifs is 1. The first-order chi connectivity index (χ1) is 12.1. The SMILES string of the molecule is Cc1ccc(OC(=O)c2ccc(Br)o2)c(-n2nc3ccccc3n2)c1. The minimum absolute atomic E-state index is 0.108. The third-order valence-electron chi connectivity index (χ3n) is 3.59. The van der Waals surface area contributed by atoms with Crippen LogP contribution in [0.15, 0.2) is 63.7 Å². The first-order valence-corrected chi connectivity index (χ1v) is 8.30. The van der Waals surface area contributed by atoms with E-state index in [1.165, 1.54) is 4.80 Å². The lowest BCUT2D eigenvalue weighted by molar-refractivity contribution is 0.0699. The normalized spacial score (nSPS) is 11.0.